The zero-order valence-corrected chi connectivity index (χ0v) is 12.5. The molecular formula is C16H20N2O4. The van der Waals surface area contributed by atoms with Gasteiger partial charge in [-0.3, -0.25) is 0 Å². The topological polar surface area (TPSA) is 59.1 Å². The second-order valence-electron chi connectivity index (χ2n) is 5.61. The van der Waals surface area contributed by atoms with Crippen molar-refractivity contribution in [3.8, 4) is 0 Å². The molecule has 0 aromatic heterocycles. The normalized spacial score (nSPS) is 19.3. The summed E-state index contributed by atoms with van der Waals surface area (Å²) in [5, 5.41) is 3.36. The number of hydrogen-bond acceptors (Lipinski definition) is 6. The molecule has 2 aliphatic rings. The summed E-state index contributed by atoms with van der Waals surface area (Å²) in [6, 6.07) is 6.38. The first-order valence-corrected chi connectivity index (χ1v) is 7.77. The predicted octanol–water partition coefficient (Wildman–Crippen LogP) is 2.02. The average molecular weight is 304 g/mol. The van der Waals surface area contributed by atoms with E-state index < -0.39 is 0 Å². The van der Waals surface area contributed by atoms with Crippen LogP contribution in [0.25, 0.3) is 0 Å². The van der Waals surface area contributed by atoms with Crippen LogP contribution in [0.4, 0.5) is 0 Å². The van der Waals surface area contributed by atoms with Crippen LogP contribution in [0.3, 0.4) is 0 Å². The minimum atomic E-state index is -0.388. The first-order chi connectivity index (χ1) is 10.7. The van der Waals surface area contributed by atoms with E-state index in [0.29, 0.717) is 11.1 Å². The lowest BCUT2D eigenvalue weighted by Crippen LogP contribution is -2.25. The second kappa shape index (κ2) is 6.89. The fourth-order valence-corrected chi connectivity index (χ4v) is 2.64. The number of rotatable bonds is 4. The standard InChI is InChI=1S/C16H20N2O4/c19-15(21-17-9-1-2-10-17)13-5-7-14(8-6-13)16(20)22-18-11-3-4-12-18/h5-8H,1-4,9-12H2. The van der Waals surface area contributed by atoms with Gasteiger partial charge in [0.15, 0.2) is 0 Å². The Bertz CT molecular complexity index is 483. The minimum absolute atomic E-state index is 0.388. The molecule has 6 heteroatoms. The third-order valence-corrected chi connectivity index (χ3v) is 3.91. The lowest BCUT2D eigenvalue weighted by Gasteiger charge is -2.15. The number of carbonyl (C=O) groups is 2. The molecule has 3 rings (SSSR count). The summed E-state index contributed by atoms with van der Waals surface area (Å²) in [4.78, 5) is 34.5. The molecule has 0 N–H and O–H groups in total. The summed E-state index contributed by atoms with van der Waals surface area (Å²) in [6.07, 6.45) is 4.20. The molecule has 1 aromatic carbocycles. The van der Waals surface area contributed by atoms with E-state index in [4.69, 9.17) is 9.68 Å². The van der Waals surface area contributed by atoms with Crippen molar-refractivity contribution in [3.05, 3.63) is 35.4 Å². The molecule has 0 bridgehead atoms. The van der Waals surface area contributed by atoms with Gasteiger partial charge in [-0.15, -0.1) is 10.1 Å². The van der Waals surface area contributed by atoms with Gasteiger partial charge in [-0.25, -0.2) is 9.59 Å². The zero-order valence-electron chi connectivity index (χ0n) is 12.5. The molecule has 22 heavy (non-hydrogen) atoms. The van der Waals surface area contributed by atoms with E-state index in [0.717, 1.165) is 51.9 Å². The Kier molecular flexibility index (Phi) is 4.70. The Morgan fingerprint density at radius 1 is 0.682 bits per heavy atom. The summed E-state index contributed by atoms with van der Waals surface area (Å²) in [6.45, 7) is 3.13. The number of nitrogens with zero attached hydrogens (tertiary/aromatic N) is 2. The van der Waals surface area contributed by atoms with Crippen molar-refractivity contribution in [2.45, 2.75) is 25.7 Å². The average Bonchev–Trinajstić information content (AvgIpc) is 3.21. The minimum Gasteiger partial charge on any atom is -0.364 e. The smallest absolute Gasteiger partial charge is 0.357 e. The Hall–Kier alpha value is -1.92. The van der Waals surface area contributed by atoms with Crippen molar-refractivity contribution in [2.24, 2.45) is 0 Å². The summed E-state index contributed by atoms with van der Waals surface area (Å²) < 4.78 is 0. The van der Waals surface area contributed by atoms with E-state index in [1.165, 1.54) is 0 Å². The van der Waals surface area contributed by atoms with Gasteiger partial charge in [-0.05, 0) is 49.9 Å². The molecule has 0 amide bonds. The maximum absolute atomic E-state index is 12.0. The number of carbonyl (C=O) groups excluding carboxylic acids is 2. The maximum atomic E-state index is 12.0. The van der Waals surface area contributed by atoms with Crippen LogP contribution in [-0.4, -0.2) is 48.2 Å². The van der Waals surface area contributed by atoms with Crippen molar-refractivity contribution < 1.29 is 19.3 Å². The van der Waals surface area contributed by atoms with Crippen molar-refractivity contribution in [1.82, 2.24) is 10.1 Å². The number of hydroxylamine groups is 4. The fraction of sp³-hybridized carbons (Fsp3) is 0.500. The van der Waals surface area contributed by atoms with Gasteiger partial charge in [-0.2, -0.15) is 0 Å². The predicted molar refractivity (Wildman–Crippen MR) is 78.9 cm³/mol. The van der Waals surface area contributed by atoms with E-state index in [9.17, 15) is 9.59 Å². The summed E-state index contributed by atoms with van der Waals surface area (Å²) >= 11 is 0. The van der Waals surface area contributed by atoms with Crippen molar-refractivity contribution in [1.29, 1.82) is 0 Å². The van der Waals surface area contributed by atoms with Crippen LogP contribution in [0.1, 0.15) is 46.4 Å². The highest BCUT2D eigenvalue weighted by molar-refractivity contribution is 5.93. The third-order valence-electron chi connectivity index (χ3n) is 3.91. The van der Waals surface area contributed by atoms with Crippen molar-refractivity contribution in [2.75, 3.05) is 26.2 Å². The molecule has 0 saturated carbocycles. The van der Waals surface area contributed by atoms with Crippen LogP contribution in [0, 0.1) is 0 Å². The van der Waals surface area contributed by atoms with Crippen LogP contribution >= 0.6 is 0 Å². The van der Waals surface area contributed by atoms with Gasteiger partial charge in [0.2, 0.25) is 0 Å². The van der Waals surface area contributed by atoms with E-state index in [-0.39, 0.29) is 11.9 Å². The van der Waals surface area contributed by atoms with E-state index in [1.54, 1.807) is 34.4 Å². The van der Waals surface area contributed by atoms with Gasteiger partial charge < -0.3 is 9.68 Å². The van der Waals surface area contributed by atoms with Crippen molar-refractivity contribution in [3.63, 3.8) is 0 Å². The SMILES string of the molecule is O=C(ON1CCCC1)c1ccc(C(=O)ON2CCCC2)cc1. The highest BCUT2D eigenvalue weighted by atomic mass is 16.7. The molecule has 1 aromatic rings. The largest absolute Gasteiger partial charge is 0.364 e. The van der Waals surface area contributed by atoms with Gasteiger partial charge in [0.25, 0.3) is 0 Å². The highest BCUT2D eigenvalue weighted by Gasteiger charge is 2.20. The Balaban J connectivity index is 1.56. The van der Waals surface area contributed by atoms with Gasteiger partial charge in [0.05, 0.1) is 11.1 Å². The highest BCUT2D eigenvalue weighted by Crippen LogP contribution is 2.14. The molecule has 0 radical (unpaired) electrons. The lowest BCUT2D eigenvalue weighted by atomic mass is 10.1. The monoisotopic (exact) mass is 304 g/mol. The molecule has 0 atom stereocenters. The van der Waals surface area contributed by atoms with Gasteiger partial charge in [-0.1, -0.05) is 0 Å². The summed E-state index contributed by atoms with van der Waals surface area (Å²) in [5.41, 5.74) is 0.870. The first-order valence-electron chi connectivity index (χ1n) is 7.77. The van der Waals surface area contributed by atoms with E-state index >= 15 is 0 Å². The Labute approximate surface area is 129 Å². The third kappa shape index (κ3) is 3.64. The summed E-state index contributed by atoms with van der Waals surface area (Å²) in [5.74, 6) is -0.775. The van der Waals surface area contributed by atoms with Gasteiger partial charge in [0.1, 0.15) is 0 Å². The molecule has 0 unspecified atom stereocenters. The van der Waals surface area contributed by atoms with E-state index in [2.05, 4.69) is 0 Å². The Morgan fingerprint density at radius 2 is 1.00 bits per heavy atom. The quantitative estimate of drug-likeness (QED) is 0.848. The van der Waals surface area contributed by atoms with E-state index in [1.807, 2.05) is 0 Å². The first kappa shape index (κ1) is 15.0. The number of hydrogen-bond donors (Lipinski definition) is 0. The molecule has 2 heterocycles. The van der Waals surface area contributed by atoms with Crippen LogP contribution < -0.4 is 0 Å². The zero-order chi connectivity index (χ0) is 15.4. The molecule has 2 aliphatic heterocycles. The molecule has 0 spiro atoms. The Morgan fingerprint density at radius 3 is 1.32 bits per heavy atom. The van der Waals surface area contributed by atoms with Crippen LogP contribution in [0.2, 0.25) is 0 Å². The van der Waals surface area contributed by atoms with Crippen LogP contribution in [0.5, 0.6) is 0 Å². The maximum Gasteiger partial charge on any atom is 0.357 e. The van der Waals surface area contributed by atoms with Crippen LogP contribution in [0.15, 0.2) is 24.3 Å². The lowest BCUT2D eigenvalue weighted by molar-refractivity contribution is -0.0935. The summed E-state index contributed by atoms with van der Waals surface area (Å²) in [7, 11) is 0. The fourth-order valence-electron chi connectivity index (χ4n) is 2.64. The van der Waals surface area contributed by atoms with Gasteiger partial charge >= 0.3 is 11.9 Å². The molecule has 0 aliphatic carbocycles. The van der Waals surface area contributed by atoms with Crippen LogP contribution in [-0.2, 0) is 9.68 Å². The number of benzene rings is 1. The molecule has 2 saturated heterocycles. The molecular weight excluding hydrogens is 284 g/mol. The van der Waals surface area contributed by atoms with Crippen molar-refractivity contribution >= 4 is 11.9 Å². The molecule has 2 fully saturated rings. The molecule has 118 valence electrons. The van der Waals surface area contributed by atoms with Gasteiger partial charge in [0, 0.05) is 26.2 Å². The second-order valence-corrected chi connectivity index (χ2v) is 5.61. The molecule has 6 nitrogen and oxygen atoms in total.